The molecule has 0 bridgehead atoms. The molecule has 1 heterocycles. The smallest absolute Gasteiger partial charge is 0.194 e. The summed E-state index contributed by atoms with van der Waals surface area (Å²) >= 11 is 0. The van der Waals surface area contributed by atoms with Gasteiger partial charge in [0.2, 0.25) is 0 Å². The maximum atomic E-state index is 11.2. The van der Waals surface area contributed by atoms with Crippen molar-refractivity contribution in [2.24, 2.45) is 4.99 Å². The lowest BCUT2D eigenvalue weighted by atomic mass is 10.00. The van der Waals surface area contributed by atoms with Crippen LogP contribution in [0.2, 0.25) is 0 Å². The molecule has 132 valence electrons. The lowest BCUT2D eigenvalue weighted by Gasteiger charge is -2.30. The minimum Gasteiger partial charge on any atom is -0.357 e. The number of aliphatic imine (C=N–C) groups is 1. The van der Waals surface area contributed by atoms with E-state index >= 15 is 0 Å². The molecule has 0 unspecified atom stereocenters. The minimum atomic E-state index is -2.91. The van der Waals surface area contributed by atoms with Crippen molar-refractivity contribution < 1.29 is 8.42 Å². The molecule has 2 rings (SSSR count). The molecule has 24 heavy (non-hydrogen) atoms. The fourth-order valence-electron chi connectivity index (χ4n) is 2.71. The van der Waals surface area contributed by atoms with Crippen molar-refractivity contribution in [3.8, 4) is 0 Å². The molecule has 5 nitrogen and oxygen atoms in total. The second kappa shape index (κ2) is 8.87. The van der Waals surface area contributed by atoms with Crippen LogP contribution in [0, 0.1) is 0 Å². The Morgan fingerprint density at radius 3 is 2.62 bits per heavy atom. The van der Waals surface area contributed by atoms with Gasteiger partial charge in [-0.25, -0.2) is 8.42 Å². The average molecular weight is 350 g/mol. The van der Waals surface area contributed by atoms with E-state index in [-0.39, 0.29) is 5.75 Å². The van der Waals surface area contributed by atoms with Gasteiger partial charge in [-0.15, -0.1) is 0 Å². The van der Waals surface area contributed by atoms with E-state index < -0.39 is 9.84 Å². The van der Waals surface area contributed by atoms with E-state index in [4.69, 9.17) is 0 Å². The fourth-order valence-corrected chi connectivity index (χ4v) is 3.37. The second-order valence-electron chi connectivity index (χ2n) is 6.01. The zero-order valence-electron chi connectivity index (χ0n) is 14.5. The zero-order valence-corrected chi connectivity index (χ0v) is 15.3. The van der Waals surface area contributed by atoms with Crippen molar-refractivity contribution in [3.05, 3.63) is 42.0 Å². The monoisotopic (exact) mass is 349 g/mol. The number of sulfone groups is 1. The van der Waals surface area contributed by atoms with Gasteiger partial charge < -0.3 is 10.2 Å². The van der Waals surface area contributed by atoms with Gasteiger partial charge in [-0.2, -0.15) is 0 Å². The van der Waals surface area contributed by atoms with Crippen LogP contribution in [0.25, 0.3) is 5.57 Å². The van der Waals surface area contributed by atoms with Crippen LogP contribution in [0.4, 0.5) is 0 Å². The van der Waals surface area contributed by atoms with Crippen molar-refractivity contribution in [3.63, 3.8) is 0 Å². The summed E-state index contributed by atoms with van der Waals surface area (Å²) in [6.45, 7) is 5.11. The van der Waals surface area contributed by atoms with Crippen LogP contribution in [0.15, 0.2) is 41.4 Å². The first-order valence-electron chi connectivity index (χ1n) is 8.45. The lowest BCUT2D eigenvalue weighted by Crippen LogP contribution is -2.43. The topological polar surface area (TPSA) is 61.8 Å². The van der Waals surface area contributed by atoms with Gasteiger partial charge in [-0.1, -0.05) is 36.4 Å². The molecule has 0 radical (unpaired) electrons. The van der Waals surface area contributed by atoms with E-state index in [2.05, 4.69) is 45.6 Å². The third-order valence-electron chi connectivity index (χ3n) is 3.92. The quantitative estimate of drug-likeness (QED) is 0.486. The highest BCUT2D eigenvalue weighted by Crippen LogP contribution is 2.21. The second-order valence-corrected chi connectivity index (χ2v) is 8.27. The maximum absolute atomic E-state index is 11.2. The lowest BCUT2D eigenvalue weighted by molar-refractivity contribution is 0.440. The first-order valence-corrected chi connectivity index (χ1v) is 10.5. The molecule has 0 aromatic heterocycles. The molecule has 6 heteroatoms. The molecule has 1 aliphatic heterocycles. The number of hydrogen-bond acceptors (Lipinski definition) is 3. The molecule has 0 aliphatic carbocycles. The molecule has 0 saturated carbocycles. The Balaban J connectivity index is 1.96. The van der Waals surface area contributed by atoms with Crippen LogP contribution < -0.4 is 5.32 Å². The Morgan fingerprint density at radius 2 is 2.04 bits per heavy atom. The molecular formula is C18H27N3O2S. The number of nitrogens with zero attached hydrogens (tertiary/aromatic N) is 2. The van der Waals surface area contributed by atoms with Crippen LogP contribution in [-0.4, -0.2) is 57.5 Å². The number of hydrogen-bond donors (Lipinski definition) is 1. The summed E-state index contributed by atoms with van der Waals surface area (Å²) in [7, 11) is -2.91. The Morgan fingerprint density at radius 1 is 1.29 bits per heavy atom. The number of benzene rings is 1. The summed E-state index contributed by atoms with van der Waals surface area (Å²) in [5, 5.41) is 3.30. The van der Waals surface area contributed by atoms with E-state index in [1.54, 1.807) is 0 Å². The maximum Gasteiger partial charge on any atom is 0.194 e. The van der Waals surface area contributed by atoms with Crippen LogP contribution in [0.1, 0.15) is 25.3 Å². The standard InChI is InChI=1S/C18H27N3O2S/c1-3-19-18(20-12-7-15-24(2,22)23)21-13-10-17(11-14-21)16-8-5-4-6-9-16/h4-6,8-10H,3,7,11-15H2,1-2H3,(H,19,20). The number of guanidine groups is 1. The minimum absolute atomic E-state index is 0.188. The third kappa shape index (κ3) is 6.00. The summed E-state index contributed by atoms with van der Waals surface area (Å²) < 4.78 is 22.4. The molecule has 0 saturated heterocycles. The van der Waals surface area contributed by atoms with E-state index in [0.29, 0.717) is 13.0 Å². The summed E-state index contributed by atoms with van der Waals surface area (Å²) in [5.41, 5.74) is 2.66. The van der Waals surface area contributed by atoms with Gasteiger partial charge in [0, 0.05) is 32.4 Å². The first-order chi connectivity index (χ1) is 11.5. The highest BCUT2D eigenvalue weighted by Gasteiger charge is 2.16. The van der Waals surface area contributed by atoms with Crippen LogP contribution in [0.5, 0.6) is 0 Å². The molecule has 0 atom stereocenters. The Labute approximate surface area is 145 Å². The molecule has 0 spiro atoms. The average Bonchev–Trinajstić information content (AvgIpc) is 2.58. The summed E-state index contributed by atoms with van der Waals surface area (Å²) in [6, 6.07) is 10.5. The highest BCUT2D eigenvalue weighted by molar-refractivity contribution is 7.90. The number of nitrogens with one attached hydrogen (secondary N) is 1. The van der Waals surface area contributed by atoms with E-state index in [1.807, 2.05) is 13.0 Å². The normalized spacial score (nSPS) is 16.0. The van der Waals surface area contributed by atoms with Crippen LogP contribution in [0.3, 0.4) is 0 Å². The van der Waals surface area contributed by atoms with Crippen LogP contribution in [-0.2, 0) is 9.84 Å². The van der Waals surface area contributed by atoms with Crippen LogP contribution >= 0.6 is 0 Å². The Hall–Kier alpha value is -1.82. The third-order valence-corrected chi connectivity index (χ3v) is 4.95. The molecule has 1 aromatic carbocycles. The largest absolute Gasteiger partial charge is 0.357 e. The predicted octanol–water partition coefficient (Wildman–Crippen LogP) is 2.18. The van der Waals surface area contributed by atoms with Gasteiger partial charge >= 0.3 is 0 Å². The Kier molecular flexibility index (Phi) is 6.85. The fraction of sp³-hybridized carbons (Fsp3) is 0.500. The first kappa shape index (κ1) is 18.5. The number of rotatable bonds is 6. The summed E-state index contributed by atoms with van der Waals surface area (Å²) in [5.74, 6) is 1.06. The van der Waals surface area contributed by atoms with E-state index in [1.165, 1.54) is 17.4 Å². The molecule has 0 fully saturated rings. The highest BCUT2D eigenvalue weighted by atomic mass is 32.2. The zero-order chi connectivity index (χ0) is 17.4. The van der Waals surface area contributed by atoms with Crippen molar-refractivity contribution in [2.75, 3.05) is 38.2 Å². The van der Waals surface area contributed by atoms with E-state index in [9.17, 15) is 8.42 Å². The van der Waals surface area contributed by atoms with Gasteiger partial charge in [-0.3, -0.25) is 4.99 Å². The predicted molar refractivity (Wildman–Crippen MR) is 101 cm³/mol. The molecule has 0 amide bonds. The molecular weight excluding hydrogens is 322 g/mol. The van der Waals surface area contributed by atoms with Crippen molar-refractivity contribution in [1.82, 2.24) is 10.2 Å². The van der Waals surface area contributed by atoms with Crippen molar-refractivity contribution in [1.29, 1.82) is 0 Å². The van der Waals surface area contributed by atoms with E-state index in [0.717, 1.165) is 32.0 Å². The Bertz CT molecular complexity index is 681. The van der Waals surface area contributed by atoms with Crippen molar-refractivity contribution in [2.45, 2.75) is 19.8 Å². The van der Waals surface area contributed by atoms with Gasteiger partial charge in [0.1, 0.15) is 9.84 Å². The van der Waals surface area contributed by atoms with Gasteiger partial charge in [0.05, 0.1) is 5.75 Å². The molecule has 1 N–H and O–H groups in total. The van der Waals surface area contributed by atoms with Gasteiger partial charge in [-0.05, 0) is 30.9 Å². The van der Waals surface area contributed by atoms with Gasteiger partial charge in [0.15, 0.2) is 5.96 Å². The summed E-state index contributed by atoms with van der Waals surface area (Å²) in [4.78, 5) is 6.79. The summed E-state index contributed by atoms with van der Waals surface area (Å²) in [6.07, 6.45) is 5.06. The van der Waals surface area contributed by atoms with Gasteiger partial charge in [0.25, 0.3) is 0 Å². The SMILES string of the molecule is CCNC(=NCCCS(C)(=O)=O)N1CC=C(c2ccccc2)CC1. The molecule has 1 aliphatic rings. The van der Waals surface area contributed by atoms with Crippen molar-refractivity contribution >= 4 is 21.4 Å². The molecule has 1 aromatic rings.